The zero-order valence-corrected chi connectivity index (χ0v) is 14.6. The molecule has 0 spiro atoms. The van der Waals surface area contributed by atoms with E-state index >= 15 is 0 Å². The number of para-hydroxylation sites is 1. The van der Waals surface area contributed by atoms with Crippen molar-refractivity contribution in [3.63, 3.8) is 0 Å². The van der Waals surface area contributed by atoms with Crippen molar-refractivity contribution in [2.24, 2.45) is 0 Å². The van der Waals surface area contributed by atoms with Gasteiger partial charge in [-0.25, -0.2) is 0 Å². The molecule has 2 amide bonds. The van der Waals surface area contributed by atoms with Crippen LogP contribution in [-0.2, 0) is 9.59 Å². The van der Waals surface area contributed by atoms with Gasteiger partial charge in [-0.15, -0.1) is 0 Å². The van der Waals surface area contributed by atoms with Gasteiger partial charge in [-0.05, 0) is 30.7 Å². The average molecular weight is 355 g/mol. The summed E-state index contributed by atoms with van der Waals surface area (Å²) < 4.78 is 4.89. The first-order valence-corrected chi connectivity index (χ1v) is 8.50. The van der Waals surface area contributed by atoms with E-state index in [2.05, 4.69) is 29.3 Å². The molecule has 7 heteroatoms. The summed E-state index contributed by atoms with van der Waals surface area (Å²) in [6.45, 7) is 4.49. The highest BCUT2D eigenvalue weighted by Gasteiger charge is 2.24. The van der Waals surface area contributed by atoms with E-state index in [1.165, 1.54) is 29.6 Å². The molecule has 0 aliphatic carbocycles. The molecule has 1 N–H and O–H groups in total. The van der Waals surface area contributed by atoms with Crippen LogP contribution in [0.5, 0.6) is 0 Å². The van der Waals surface area contributed by atoms with Crippen LogP contribution < -0.4 is 10.2 Å². The Kier molecular flexibility index (Phi) is 5.36. The van der Waals surface area contributed by atoms with Crippen LogP contribution >= 0.6 is 0 Å². The van der Waals surface area contributed by atoms with Crippen LogP contribution in [0.2, 0.25) is 0 Å². The molecule has 0 unspecified atom stereocenters. The van der Waals surface area contributed by atoms with E-state index in [-0.39, 0.29) is 18.2 Å². The van der Waals surface area contributed by atoms with Crippen LogP contribution in [0.25, 0.3) is 0 Å². The SMILES string of the molecule is Cc1ccccc1N1CCN(C(=O)CNC(=O)C(=O)c2ccco2)CC1. The first kappa shape index (κ1) is 17.7. The Labute approximate surface area is 151 Å². The maximum Gasteiger partial charge on any atom is 0.296 e. The molecule has 0 radical (unpaired) electrons. The molecule has 1 aromatic heterocycles. The molecule has 7 nitrogen and oxygen atoms in total. The summed E-state index contributed by atoms with van der Waals surface area (Å²) in [5, 5.41) is 2.37. The van der Waals surface area contributed by atoms with Gasteiger partial charge in [0.2, 0.25) is 5.91 Å². The van der Waals surface area contributed by atoms with E-state index in [1.807, 2.05) is 12.1 Å². The molecule has 2 aromatic rings. The predicted octanol–water partition coefficient (Wildman–Crippen LogP) is 1.24. The average Bonchev–Trinajstić information content (AvgIpc) is 3.20. The molecule has 2 heterocycles. The zero-order chi connectivity index (χ0) is 18.5. The monoisotopic (exact) mass is 355 g/mol. The Morgan fingerprint density at radius 2 is 1.77 bits per heavy atom. The van der Waals surface area contributed by atoms with E-state index in [1.54, 1.807) is 4.90 Å². The summed E-state index contributed by atoms with van der Waals surface area (Å²) in [6.07, 6.45) is 1.32. The molecular formula is C19H21N3O4. The minimum Gasteiger partial charge on any atom is -0.461 e. The summed E-state index contributed by atoms with van der Waals surface area (Å²) in [4.78, 5) is 39.8. The molecule has 1 saturated heterocycles. The molecular weight excluding hydrogens is 334 g/mol. The number of anilines is 1. The molecule has 0 saturated carbocycles. The second-order valence-corrected chi connectivity index (χ2v) is 6.14. The van der Waals surface area contributed by atoms with Crippen LogP contribution in [0, 0.1) is 6.92 Å². The third-order valence-electron chi connectivity index (χ3n) is 4.44. The van der Waals surface area contributed by atoms with Gasteiger partial charge in [0, 0.05) is 31.9 Å². The lowest BCUT2D eigenvalue weighted by Crippen LogP contribution is -2.51. The van der Waals surface area contributed by atoms with Gasteiger partial charge < -0.3 is 19.5 Å². The van der Waals surface area contributed by atoms with Crippen LogP contribution in [-0.4, -0.2) is 55.2 Å². The number of Topliss-reactive ketones (excluding diaryl/α,β-unsaturated/α-hetero) is 1. The lowest BCUT2D eigenvalue weighted by Gasteiger charge is -2.36. The number of aryl methyl sites for hydroxylation is 1. The van der Waals surface area contributed by atoms with Gasteiger partial charge in [0.1, 0.15) is 0 Å². The van der Waals surface area contributed by atoms with E-state index in [4.69, 9.17) is 4.42 Å². The van der Waals surface area contributed by atoms with Crippen molar-refractivity contribution in [1.29, 1.82) is 0 Å². The summed E-state index contributed by atoms with van der Waals surface area (Å²) in [5.41, 5.74) is 2.38. The largest absolute Gasteiger partial charge is 0.461 e. The van der Waals surface area contributed by atoms with Gasteiger partial charge in [0.15, 0.2) is 5.76 Å². The number of amides is 2. The highest BCUT2D eigenvalue weighted by Crippen LogP contribution is 2.20. The van der Waals surface area contributed by atoms with Crippen molar-refractivity contribution in [1.82, 2.24) is 10.2 Å². The Balaban J connectivity index is 1.47. The minimum atomic E-state index is -0.841. The van der Waals surface area contributed by atoms with Crippen molar-refractivity contribution < 1.29 is 18.8 Å². The van der Waals surface area contributed by atoms with Crippen molar-refractivity contribution in [3.05, 3.63) is 54.0 Å². The molecule has 1 fully saturated rings. The lowest BCUT2D eigenvalue weighted by molar-refractivity contribution is -0.132. The molecule has 1 aliphatic rings. The standard InChI is InChI=1S/C19H21N3O4/c1-14-5-2-3-6-15(14)21-8-10-22(11-9-21)17(23)13-20-19(25)18(24)16-7-4-12-26-16/h2-7,12H,8-11,13H2,1H3,(H,20,25). The number of ketones is 1. The van der Waals surface area contributed by atoms with Gasteiger partial charge in [0.25, 0.3) is 11.7 Å². The Morgan fingerprint density at radius 3 is 2.42 bits per heavy atom. The number of carbonyl (C=O) groups excluding carboxylic acids is 3. The smallest absolute Gasteiger partial charge is 0.296 e. The number of benzene rings is 1. The van der Waals surface area contributed by atoms with Crippen LogP contribution in [0.4, 0.5) is 5.69 Å². The van der Waals surface area contributed by atoms with Crippen molar-refractivity contribution in [2.75, 3.05) is 37.6 Å². The molecule has 136 valence electrons. The number of carbonyl (C=O) groups is 3. The fourth-order valence-corrected chi connectivity index (χ4v) is 2.98. The van der Waals surface area contributed by atoms with Crippen LogP contribution in [0.3, 0.4) is 0 Å². The zero-order valence-electron chi connectivity index (χ0n) is 14.6. The molecule has 26 heavy (non-hydrogen) atoms. The number of piperazine rings is 1. The Bertz CT molecular complexity index is 793. The number of furan rings is 1. The summed E-state index contributed by atoms with van der Waals surface area (Å²) in [5.74, 6) is -1.86. The predicted molar refractivity (Wildman–Crippen MR) is 96.0 cm³/mol. The van der Waals surface area contributed by atoms with E-state index in [9.17, 15) is 14.4 Å². The number of hydrogen-bond donors (Lipinski definition) is 1. The van der Waals surface area contributed by atoms with Gasteiger partial charge in [0.05, 0.1) is 12.8 Å². The van der Waals surface area contributed by atoms with Gasteiger partial charge in [-0.2, -0.15) is 0 Å². The fourth-order valence-electron chi connectivity index (χ4n) is 2.98. The Morgan fingerprint density at radius 1 is 1.04 bits per heavy atom. The third-order valence-corrected chi connectivity index (χ3v) is 4.44. The molecule has 1 aliphatic heterocycles. The van der Waals surface area contributed by atoms with Gasteiger partial charge in [-0.3, -0.25) is 14.4 Å². The second kappa shape index (κ2) is 7.86. The lowest BCUT2D eigenvalue weighted by atomic mass is 10.1. The number of nitrogens with one attached hydrogen (secondary N) is 1. The topological polar surface area (TPSA) is 82.9 Å². The minimum absolute atomic E-state index is 0.0400. The quantitative estimate of drug-likeness (QED) is 0.644. The third kappa shape index (κ3) is 3.93. The number of nitrogens with zero attached hydrogens (tertiary/aromatic N) is 2. The molecule has 1 aromatic carbocycles. The number of rotatable bonds is 5. The van der Waals surface area contributed by atoms with Crippen molar-refractivity contribution in [3.8, 4) is 0 Å². The van der Waals surface area contributed by atoms with Gasteiger partial charge >= 0.3 is 0 Å². The second-order valence-electron chi connectivity index (χ2n) is 6.14. The van der Waals surface area contributed by atoms with E-state index in [0.29, 0.717) is 13.1 Å². The van der Waals surface area contributed by atoms with Crippen LogP contribution in [0.15, 0.2) is 47.1 Å². The molecule has 3 rings (SSSR count). The highest BCUT2D eigenvalue weighted by molar-refractivity contribution is 6.42. The number of hydrogen-bond acceptors (Lipinski definition) is 5. The highest BCUT2D eigenvalue weighted by atomic mass is 16.3. The van der Waals surface area contributed by atoms with E-state index < -0.39 is 11.7 Å². The van der Waals surface area contributed by atoms with Crippen molar-refractivity contribution >= 4 is 23.3 Å². The van der Waals surface area contributed by atoms with E-state index in [0.717, 1.165) is 13.1 Å². The van der Waals surface area contributed by atoms with Gasteiger partial charge in [-0.1, -0.05) is 18.2 Å². The normalized spacial score (nSPS) is 14.2. The molecule has 0 bridgehead atoms. The summed E-state index contributed by atoms with van der Waals surface area (Å²) in [6, 6.07) is 11.1. The van der Waals surface area contributed by atoms with Crippen molar-refractivity contribution in [2.45, 2.75) is 6.92 Å². The maximum absolute atomic E-state index is 12.3. The first-order chi connectivity index (χ1) is 12.6. The summed E-state index contributed by atoms with van der Waals surface area (Å²) in [7, 11) is 0. The fraction of sp³-hybridized carbons (Fsp3) is 0.316. The summed E-state index contributed by atoms with van der Waals surface area (Å²) >= 11 is 0. The molecule has 0 atom stereocenters. The maximum atomic E-state index is 12.3. The van der Waals surface area contributed by atoms with Crippen LogP contribution in [0.1, 0.15) is 16.1 Å². The first-order valence-electron chi connectivity index (χ1n) is 8.50. The Hall–Kier alpha value is -3.09.